The molecule has 0 fully saturated rings. The fraction of sp³-hybridized carbons (Fsp3) is 0. The Morgan fingerprint density at radius 2 is 1.71 bits per heavy atom. The van der Waals surface area contributed by atoms with Gasteiger partial charge in [-0.3, -0.25) is 4.79 Å². The summed E-state index contributed by atoms with van der Waals surface area (Å²) in [4.78, 5) is 42.2. The van der Waals surface area contributed by atoms with Crippen LogP contribution >= 0.6 is 0 Å². The Labute approximate surface area is 144 Å². The molecule has 9 nitrogen and oxygen atoms in total. The number of carbonyl (C=O) groups is 3. The number of nitrogens with zero attached hydrogens (tertiary/aromatic N) is 1. The third-order valence-electron chi connectivity index (χ3n) is 0.504. The molecule has 0 saturated carbocycles. The number of ether oxygens (including phenoxy) is 1. The summed E-state index contributed by atoms with van der Waals surface area (Å²) in [5.74, 6) is -3.98. The van der Waals surface area contributed by atoms with Gasteiger partial charge >= 0.3 is 104 Å². The van der Waals surface area contributed by atoms with Crippen LogP contribution in [-0.4, -0.2) is 28.3 Å². The number of hydrogen-bond acceptors (Lipinski definition) is 7. The van der Waals surface area contributed by atoms with Gasteiger partial charge in [0, 0.05) is 0 Å². The van der Waals surface area contributed by atoms with Crippen LogP contribution in [0.5, 0.6) is 0 Å². The van der Waals surface area contributed by atoms with Crippen molar-refractivity contribution in [1.82, 2.24) is 0 Å². The van der Waals surface area contributed by atoms with Crippen LogP contribution < -0.4 is 80.9 Å². The Morgan fingerprint density at radius 3 is 2.00 bits per heavy atom. The van der Waals surface area contributed by atoms with Gasteiger partial charge in [0.25, 0.3) is 0 Å². The first-order valence-corrected chi connectivity index (χ1v) is 2.25. The van der Waals surface area contributed by atoms with Crippen molar-refractivity contribution in [3.05, 3.63) is 10.1 Å². The van der Waals surface area contributed by atoms with Crippen molar-refractivity contribution in [3.63, 3.8) is 0 Å². The first kappa shape index (κ1) is 19.9. The molecule has 0 aromatic carbocycles. The Morgan fingerprint density at radius 1 is 1.29 bits per heavy atom. The summed E-state index contributed by atoms with van der Waals surface area (Å²) >= 11 is 0. The summed E-state index contributed by atoms with van der Waals surface area (Å²) in [6, 6.07) is 0. The molecule has 11 heteroatoms. The monoisotopic (exact) mass is 243 g/mol. The number of carboxylic acid groups (broad SMARTS) is 1. The van der Waals surface area contributed by atoms with Gasteiger partial charge < -0.3 is 12.7 Å². The maximum absolute atomic E-state index is 10.1. The van der Waals surface area contributed by atoms with Gasteiger partial charge in [-0.15, -0.1) is 10.1 Å². The van der Waals surface area contributed by atoms with Crippen molar-refractivity contribution in [1.29, 1.82) is 0 Å². The predicted molar refractivity (Wildman–Crippen MR) is 29.4 cm³/mol. The average molecular weight is 243 g/mol. The van der Waals surface area contributed by atoms with Crippen molar-refractivity contribution in [3.8, 4) is 0 Å². The number of rotatable bonds is 1. The largest absolute Gasteiger partial charge is 1.00 e. The molecule has 0 spiro atoms. The molecule has 0 unspecified atom stereocenters. The molecular formula is C3H3KNNaO8. The SMILES string of the molecule is O=C(O)OC(=O)C(=O)O[N+](=O)[O-].[H-].[H-].[K+].[Na+]. The smallest absolute Gasteiger partial charge is 1.00 e. The zero-order valence-electron chi connectivity index (χ0n) is 9.25. The second-order valence-corrected chi connectivity index (χ2v) is 1.26. The van der Waals surface area contributed by atoms with Crippen molar-refractivity contribution in [2.75, 3.05) is 0 Å². The second-order valence-electron chi connectivity index (χ2n) is 1.26. The molecule has 14 heavy (non-hydrogen) atoms. The molecule has 0 atom stereocenters. The van der Waals surface area contributed by atoms with E-state index in [1.807, 2.05) is 0 Å². The molecule has 0 heterocycles. The van der Waals surface area contributed by atoms with Crippen LogP contribution in [0.15, 0.2) is 0 Å². The molecule has 0 aliphatic heterocycles. The fourth-order valence-corrected chi connectivity index (χ4v) is 0.226. The van der Waals surface area contributed by atoms with Crippen LogP contribution in [0.2, 0.25) is 0 Å². The molecule has 0 aliphatic carbocycles. The minimum atomic E-state index is -2.06. The van der Waals surface area contributed by atoms with Crippen LogP contribution in [-0.2, 0) is 19.2 Å². The summed E-state index contributed by atoms with van der Waals surface area (Å²) in [7, 11) is 0. The topological polar surface area (TPSA) is 133 Å². The number of esters is 1. The summed E-state index contributed by atoms with van der Waals surface area (Å²) in [6.07, 6.45) is -2.06. The zero-order valence-corrected chi connectivity index (χ0v) is 12.4. The van der Waals surface area contributed by atoms with Crippen molar-refractivity contribution in [2.45, 2.75) is 0 Å². The predicted octanol–water partition coefficient (Wildman–Crippen LogP) is -6.82. The molecule has 70 valence electrons. The average Bonchev–Trinajstić information content (AvgIpc) is 1.84. The molecule has 0 radical (unpaired) electrons. The van der Waals surface area contributed by atoms with Crippen LogP contribution in [0.1, 0.15) is 2.85 Å². The Hall–Kier alpha value is 0.446. The van der Waals surface area contributed by atoms with Gasteiger partial charge in [-0.2, -0.15) is 0 Å². The van der Waals surface area contributed by atoms with E-state index in [0.29, 0.717) is 0 Å². The summed E-state index contributed by atoms with van der Waals surface area (Å²) < 4.78 is 3.21. The minimum absolute atomic E-state index is 0. The summed E-state index contributed by atoms with van der Waals surface area (Å²) in [5.41, 5.74) is 0. The Kier molecular flexibility index (Phi) is 14.2. The molecule has 0 aliphatic rings. The van der Waals surface area contributed by atoms with E-state index >= 15 is 0 Å². The molecule has 0 aromatic heterocycles. The van der Waals surface area contributed by atoms with E-state index in [2.05, 4.69) is 9.57 Å². The van der Waals surface area contributed by atoms with Gasteiger partial charge in [0.15, 0.2) is 0 Å². The standard InChI is InChI=1S/C3HNO8.K.Na.2H/c5-1(11-3(7)8)2(6)12-4(9)10;;;;/h(H,7,8);;;;/q;2*+1;2*-1. The van der Waals surface area contributed by atoms with Gasteiger partial charge in [-0.25, -0.2) is 14.4 Å². The van der Waals surface area contributed by atoms with E-state index in [1.165, 1.54) is 0 Å². The van der Waals surface area contributed by atoms with E-state index in [4.69, 9.17) is 5.11 Å². The zero-order chi connectivity index (χ0) is 9.72. The molecule has 0 amide bonds. The molecule has 0 bridgehead atoms. The third-order valence-corrected chi connectivity index (χ3v) is 0.504. The van der Waals surface area contributed by atoms with Crippen LogP contribution in [0.25, 0.3) is 0 Å². The maximum atomic E-state index is 10.1. The molecule has 1 N–H and O–H groups in total. The van der Waals surface area contributed by atoms with E-state index in [-0.39, 0.29) is 83.8 Å². The van der Waals surface area contributed by atoms with Gasteiger partial charge in [0.1, 0.15) is 0 Å². The minimum Gasteiger partial charge on any atom is -1.00 e. The van der Waals surface area contributed by atoms with Crippen molar-refractivity contribution < 1.29 is 118 Å². The van der Waals surface area contributed by atoms with E-state index in [9.17, 15) is 24.5 Å². The van der Waals surface area contributed by atoms with Crippen molar-refractivity contribution in [2.24, 2.45) is 0 Å². The Bertz CT molecular complexity index is 236. The summed E-state index contributed by atoms with van der Waals surface area (Å²) in [6.45, 7) is 0. The maximum Gasteiger partial charge on any atom is 1.00 e. The van der Waals surface area contributed by atoms with Gasteiger partial charge in [-0.05, 0) is 0 Å². The van der Waals surface area contributed by atoms with Gasteiger partial charge in [0.2, 0.25) is 0 Å². The van der Waals surface area contributed by atoms with Gasteiger partial charge in [0.05, 0.1) is 0 Å². The first-order chi connectivity index (χ1) is 5.43. The molecular weight excluding hydrogens is 240 g/mol. The van der Waals surface area contributed by atoms with E-state index in [0.717, 1.165) is 0 Å². The molecule has 0 rings (SSSR count). The second kappa shape index (κ2) is 9.98. The third kappa shape index (κ3) is 10.5. The summed E-state index contributed by atoms with van der Waals surface area (Å²) in [5, 5.41) is 15.6. The normalized spacial score (nSPS) is 7.14. The van der Waals surface area contributed by atoms with Crippen LogP contribution in [0.4, 0.5) is 4.79 Å². The number of carbonyl (C=O) groups excluding carboxylic acids is 2. The van der Waals surface area contributed by atoms with E-state index < -0.39 is 23.2 Å². The quantitative estimate of drug-likeness (QED) is 0.120. The van der Waals surface area contributed by atoms with E-state index in [1.54, 1.807) is 0 Å². The Balaban J connectivity index is -0.000000101. The fourth-order valence-electron chi connectivity index (χ4n) is 0.226. The molecule has 0 aromatic rings. The van der Waals surface area contributed by atoms with Crippen LogP contribution in [0.3, 0.4) is 0 Å². The number of hydrogen-bond donors (Lipinski definition) is 1. The van der Waals surface area contributed by atoms with Crippen LogP contribution in [0, 0.1) is 10.1 Å². The van der Waals surface area contributed by atoms with Gasteiger partial charge in [-0.1, -0.05) is 0 Å². The molecule has 0 saturated heterocycles. The first-order valence-electron chi connectivity index (χ1n) is 2.25. The van der Waals surface area contributed by atoms with Crippen molar-refractivity contribution >= 4 is 18.1 Å².